The molecule has 0 spiro atoms. The first-order valence-electron chi connectivity index (χ1n) is 4.83. The van der Waals surface area contributed by atoms with E-state index in [4.69, 9.17) is 5.11 Å². The van der Waals surface area contributed by atoms with Crippen molar-refractivity contribution in [2.24, 2.45) is 0 Å². The summed E-state index contributed by atoms with van der Waals surface area (Å²) in [5.41, 5.74) is -0.831. The third kappa shape index (κ3) is 2.34. The molecule has 7 heteroatoms. The van der Waals surface area contributed by atoms with Gasteiger partial charge in [-0.15, -0.1) is 0 Å². The van der Waals surface area contributed by atoms with Gasteiger partial charge in [-0.05, 0) is 18.2 Å². The molecular weight excluding hydrogens is 249 g/mol. The number of imidazole rings is 1. The summed E-state index contributed by atoms with van der Waals surface area (Å²) in [6, 6.07) is 4.55. The molecule has 4 nitrogen and oxygen atoms in total. The third-order valence-corrected chi connectivity index (χ3v) is 2.27. The van der Waals surface area contributed by atoms with Crippen molar-refractivity contribution in [2.45, 2.75) is 6.18 Å². The molecule has 94 valence electrons. The van der Waals surface area contributed by atoms with Crippen LogP contribution in [0.3, 0.4) is 0 Å². The van der Waals surface area contributed by atoms with Crippen LogP contribution in [0.5, 0.6) is 0 Å². The van der Waals surface area contributed by atoms with E-state index >= 15 is 0 Å². The van der Waals surface area contributed by atoms with Gasteiger partial charge in [-0.3, -0.25) is 0 Å². The fourth-order valence-electron chi connectivity index (χ4n) is 1.42. The zero-order valence-electron chi connectivity index (χ0n) is 8.85. The summed E-state index contributed by atoms with van der Waals surface area (Å²) in [7, 11) is 0. The van der Waals surface area contributed by atoms with Crippen LogP contribution in [-0.4, -0.2) is 20.6 Å². The van der Waals surface area contributed by atoms with Crippen molar-refractivity contribution in [3.05, 3.63) is 48.0 Å². The Balaban J connectivity index is 2.41. The highest BCUT2D eigenvalue weighted by Gasteiger charge is 2.30. The van der Waals surface area contributed by atoms with Crippen LogP contribution in [0, 0.1) is 0 Å². The molecule has 18 heavy (non-hydrogen) atoms. The number of aromatic carboxylic acids is 1. The minimum Gasteiger partial charge on any atom is -0.476 e. The molecule has 0 aliphatic heterocycles. The predicted molar refractivity (Wildman–Crippen MR) is 55.5 cm³/mol. The molecule has 2 rings (SSSR count). The number of alkyl halides is 3. The average molecular weight is 256 g/mol. The van der Waals surface area contributed by atoms with E-state index in [1.54, 1.807) is 0 Å². The Morgan fingerprint density at radius 3 is 2.61 bits per heavy atom. The lowest BCUT2D eigenvalue weighted by atomic mass is 10.2. The molecule has 1 aromatic heterocycles. The van der Waals surface area contributed by atoms with Crippen LogP contribution in [0.4, 0.5) is 13.2 Å². The van der Waals surface area contributed by atoms with Gasteiger partial charge in [-0.2, -0.15) is 13.2 Å². The van der Waals surface area contributed by atoms with Gasteiger partial charge in [0.2, 0.25) is 0 Å². The van der Waals surface area contributed by atoms with Gasteiger partial charge in [0, 0.05) is 11.9 Å². The number of hydrogen-bond donors (Lipinski definition) is 1. The average Bonchev–Trinajstić information content (AvgIpc) is 2.77. The molecular formula is C11H7F3N2O2. The second-order valence-electron chi connectivity index (χ2n) is 3.52. The van der Waals surface area contributed by atoms with Crippen molar-refractivity contribution in [3.63, 3.8) is 0 Å². The fraction of sp³-hybridized carbons (Fsp3) is 0.0909. The van der Waals surface area contributed by atoms with Crippen molar-refractivity contribution in [2.75, 3.05) is 0 Å². The smallest absolute Gasteiger partial charge is 0.416 e. The van der Waals surface area contributed by atoms with E-state index in [1.807, 2.05) is 0 Å². The van der Waals surface area contributed by atoms with Gasteiger partial charge >= 0.3 is 12.1 Å². The maximum atomic E-state index is 12.5. The number of benzene rings is 1. The Hall–Kier alpha value is -2.31. The molecule has 0 saturated carbocycles. The molecule has 0 atom stereocenters. The Labute approximate surface area is 99.3 Å². The zero-order valence-corrected chi connectivity index (χ0v) is 8.85. The second-order valence-corrected chi connectivity index (χ2v) is 3.52. The SMILES string of the molecule is O=C(O)c1cn(-c2cccc(C(F)(F)F)c2)cn1. The van der Waals surface area contributed by atoms with Crippen molar-refractivity contribution < 1.29 is 23.1 Å². The summed E-state index contributed by atoms with van der Waals surface area (Å²) in [6.45, 7) is 0. The highest BCUT2D eigenvalue weighted by Crippen LogP contribution is 2.30. The van der Waals surface area contributed by atoms with Gasteiger partial charge in [-0.25, -0.2) is 9.78 Å². The van der Waals surface area contributed by atoms with E-state index in [2.05, 4.69) is 4.98 Å². The number of aromatic nitrogens is 2. The minimum atomic E-state index is -4.44. The molecule has 2 aromatic rings. The van der Waals surface area contributed by atoms with Gasteiger partial charge < -0.3 is 9.67 Å². The van der Waals surface area contributed by atoms with Gasteiger partial charge in [0.05, 0.1) is 5.56 Å². The summed E-state index contributed by atoms with van der Waals surface area (Å²) in [5, 5.41) is 8.67. The molecule has 0 aliphatic carbocycles. The molecule has 1 N–H and O–H groups in total. The van der Waals surface area contributed by atoms with E-state index in [0.29, 0.717) is 0 Å². The quantitative estimate of drug-likeness (QED) is 0.898. The minimum absolute atomic E-state index is 0.199. The number of carboxylic acid groups (broad SMARTS) is 1. The van der Waals surface area contributed by atoms with Crippen LogP contribution in [0.15, 0.2) is 36.8 Å². The number of nitrogens with zero attached hydrogens (tertiary/aromatic N) is 2. The number of halogens is 3. The summed E-state index contributed by atoms with van der Waals surface area (Å²) < 4.78 is 38.7. The van der Waals surface area contributed by atoms with Crippen LogP contribution < -0.4 is 0 Å². The molecule has 0 saturated heterocycles. The van der Waals surface area contributed by atoms with Crippen LogP contribution in [0.2, 0.25) is 0 Å². The lowest BCUT2D eigenvalue weighted by Gasteiger charge is -2.08. The summed E-state index contributed by atoms with van der Waals surface area (Å²) >= 11 is 0. The summed E-state index contributed by atoms with van der Waals surface area (Å²) in [5.74, 6) is -1.24. The molecule has 0 fully saturated rings. The van der Waals surface area contributed by atoms with E-state index in [1.165, 1.54) is 16.7 Å². The van der Waals surface area contributed by atoms with E-state index in [9.17, 15) is 18.0 Å². The maximum absolute atomic E-state index is 12.5. The molecule has 0 aliphatic rings. The standard InChI is InChI=1S/C11H7F3N2O2/c12-11(13,14)7-2-1-3-8(4-7)16-5-9(10(17)18)15-6-16/h1-6H,(H,17,18). The van der Waals surface area contributed by atoms with E-state index in [-0.39, 0.29) is 11.4 Å². The fourth-order valence-corrected chi connectivity index (χ4v) is 1.42. The lowest BCUT2D eigenvalue weighted by molar-refractivity contribution is -0.137. The summed E-state index contributed by atoms with van der Waals surface area (Å²) in [6.07, 6.45) is -2.14. The van der Waals surface area contributed by atoms with Crippen LogP contribution >= 0.6 is 0 Å². The topological polar surface area (TPSA) is 55.1 Å². The van der Waals surface area contributed by atoms with Gasteiger partial charge in [0.25, 0.3) is 0 Å². The van der Waals surface area contributed by atoms with Crippen LogP contribution in [0.1, 0.15) is 16.1 Å². The van der Waals surface area contributed by atoms with Crippen LogP contribution in [0.25, 0.3) is 5.69 Å². The molecule has 1 aromatic carbocycles. The largest absolute Gasteiger partial charge is 0.476 e. The first kappa shape index (κ1) is 12.2. The van der Waals surface area contributed by atoms with Crippen LogP contribution in [-0.2, 0) is 6.18 Å². The van der Waals surface area contributed by atoms with Crippen molar-refractivity contribution >= 4 is 5.97 Å². The second kappa shape index (κ2) is 4.17. The Bertz CT molecular complexity index is 590. The monoisotopic (exact) mass is 256 g/mol. The Kier molecular flexibility index (Phi) is 2.82. The van der Waals surface area contributed by atoms with Crippen molar-refractivity contribution in [1.29, 1.82) is 0 Å². The molecule has 1 heterocycles. The van der Waals surface area contributed by atoms with E-state index in [0.717, 1.165) is 24.7 Å². The number of hydrogen-bond acceptors (Lipinski definition) is 2. The number of carboxylic acids is 1. The maximum Gasteiger partial charge on any atom is 0.416 e. The van der Waals surface area contributed by atoms with Crippen molar-refractivity contribution in [1.82, 2.24) is 9.55 Å². The highest BCUT2D eigenvalue weighted by atomic mass is 19.4. The normalized spacial score (nSPS) is 11.5. The molecule has 0 amide bonds. The number of carbonyl (C=O) groups is 1. The third-order valence-electron chi connectivity index (χ3n) is 2.27. The van der Waals surface area contributed by atoms with Gasteiger partial charge in [0.15, 0.2) is 5.69 Å². The lowest BCUT2D eigenvalue weighted by Crippen LogP contribution is -2.05. The van der Waals surface area contributed by atoms with Gasteiger partial charge in [0.1, 0.15) is 6.33 Å². The first-order chi connectivity index (χ1) is 8.38. The van der Waals surface area contributed by atoms with E-state index < -0.39 is 17.7 Å². The highest BCUT2D eigenvalue weighted by molar-refractivity contribution is 5.85. The number of rotatable bonds is 2. The molecule has 0 bridgehead atoms. The Morgan fingerprint density at radius 2 is 2.06 bits per heavy atom. The zero-order chi connectivity index (χ0) is 13.3. The molecule has 0 radical (unpaired) electrons. The molecule has 0 unspecified atom stereocenters. The summed E-state index contributed by atoms with van der Waals surface area (Å²) in [4.78, 5) is 14.2. The predicted octanol–water partition coefficient (Wildman–Crippen LogP) is 2.59. The van der Waals surface area contributed by atoms with Crippen molar-refractivity contribution in [3.8, 4) is 5.69 Å². The van der Waals surface area contributed by atoms with Gasteiger partial charge in [-0.1, -0.05) is 6.07 Å². The first-order valence-corrected chi connectivity index (χ1v) is 4.83. The Morgan fingerprint density at radius 1 is 1.33 bits per heavy atom.